The molecule has 1 aliphatic heterocycles. The molecule has 14 heavy (non-hydrogen) atoms. The van der Waals surface area contributed by atoms with E-state index in [0.29, 0.717) is 0 Å². The Kier molecular flexibility index (Phi) is 3.17. The molecule has 2 rings (SSSR count). The number of halogens is 1. The van der Waals surface area contributed by atoms with Crippen molar-refractivity contribution in [2.45, 2.75) is 6.92 Å². The van der Waals surface area contributed by atoms with Crippen LogP contribution in [-0.2, 0) is 4.74 Å². The zero-order chi connectivity index (χ0) is 9.97. The molecule has 76 valence electrons. The maximum Gasteiger partial charge on any atom is 0.133 e. The molecule has 0 amide bonds. The summed E-state index contributed by atoms with van der Waals surface area (Å²) in [6, 6.07) is 2.01. The second kappa shape index (κ2) is 4.39. The van der Waals surface area contributed by atoms with E-state index in [4.69, 9.17) is 4.74 Å². The van der Waals surface area contributed by atoms with Crippen LogP contribution in [0, 0.1) is 10.6 Å². The molecule has 2 heterocycles. The molecule has 0 atom stereocenters. The summed E-state index contributed by atoms with van der Waals surface area (Å²) in [5.74, 6) is 1.85. The molecule has 0 unspecified atom stereocenters. The van der Waals surface area contributed by atoms with E-state index in [9.17, 15) is 0 Å². The summed E-state index contributed by atoms with van der Waals surface area (Å²) in [6.45, 7) is 5.35. The van der Waals surface area contributed by atoms with E-state index in [0.717, 1.165) is 41.6 Å². The van der Waals surface area contributed by atoms with Gasteiger partial charge in [0.05, 0.1) is 13.2 Å². The molecule has 1 saturated heterocycles. The number of hydrogen-bond donors (Lipinski definition) is 0. The van der Waals surface area contributed by atoms with E-state index in [1.807, 2.05) is 13.0 Å². The fourth-order valence-corrected chi connectivity index (χ4v) is 2.10. The van der Waals surface area contributed by atoms with Gasteiger partial charge in [-0.3, -0.25) is 0 Å². The van der Waals surface area contributed by atoms with Crippen molar-refractivity contribution in [3.05, 3.63) is 15.6 Å². The first-order valence-electron chi connectivity index (χ1n) is 4.59. The van der Waals surface area contributed by atoms with Gasteiger partial charge in [0.25, 0.3) is 0 Å². The van der Waals surface area contributed by atoms with Gasteiger partial charge in [-0.1, -0.05) is 0 Å². The van der Waals surface area contributed by atoms with Crippen LogP contribution in [0.15, 0.2) is 6.07 Å². The molecule has 4 nitrogen and oxygen atoms in total. The number of aromatic nitrogens is 2. The van der Waals surface area contributed by atoms with Gasteiger partial charge in [0.15, 0.2) is 0 Å². The van der Waals surface area contributed by atoms with Gasteiger partial charge in [0.2, 0.25) is 0 Å². The molecule has 1 aromatic rings. The van der Waals surface area contributed by atoms with Crippen molar-refractivity contribution < 1.29 is 4.74 Å². The molecule has 0 aliphatic carbocycles. The Balaban J connectivity index is 2.21. The lowest BCUT2D eigenvalue weighted by Gasteiger charge is -2.27. The van der Waals surface area contributed by atoms with E-state index in [1.54, 1.807) is 0 Å². The highest BCUT2D eigenvalue weighted by Crippen LogP contribution is 2.15. The molecule has 5 heteroatoms. The van der Waals surface area contributed by atoms with Crippen molar-refractivity contribution in [2.24, 2.45) is 0 Å². The average Bonchev–Trinajstić information content (AvgIpc) is 2.18. The van der Waals surface area contributed by atoms with Crippen molar-refractivity contribution >= 4 is 28.4 Å². The molecule has 1 fully saturated rings. The summed E-state index contributed by atoms with van der Waals surface area (Å²) in [5, 5.41) is 0. The zero-order valence-electron chi connectivity index (χ0n) is 8.03. The normalized spacial score (nSPS) is 17.1. The highest BCUT2D eigenvalue weighted by molar-refractivity contribution is 14.1. The number of nitrogens with zero attached hydrogens (tertiary/aromatic N) is 3. The molecule has 0 bridgehead atoms. The average molecular weight is 305 g/mol. The monoisotopic (exact) mass is 305 g/mol. The lowest BCUT2D eigenvalue weighted by atomic mass is 10.4. The second-order valence-corrected chi connectivity index (χ2v) is 4.30. The SMILES string of the molecule is Cc1nc(I)cc(N2CCOCC2)n1. The number of hydrogen-bond acceptors (Lipinski definition) is 4. The van der Waals surface area contributed by atoms with Gasteiger partial charge in [-0.2, -0.15) is 0 Å². The summed E-state index contributed by atoms with van der Waals surface area (Å²) >= 11 is 2.22. The first-order chi connectivity index (χ1) is 6.75. The molecular formula is C9H12IN3O. The third-order valence-corrected chi connectivity index (χ3v) is 2.68. The minimum atomic E-state index is 0.791. The fourth-order valence-electron chi connectivity index (χ4n) is 1.47. The highest BCUT2D eigenvalue weighted by atomic mass is 127. The summed E-state index contributed by atoms with van der Waals surface area (Å²) < 4.78 is 6.29. The molecule has 1 aromatic heterocycles. The number of morpholine rings is 1. The van der Waals surface area contributed by atoms with Crippen molar-refractivity contribution in [1.82, 2.24) is 9.97 Å². The van der Waals surface area contributed by atoms with Gasteiger partial charge in [0.1, 0.15) is 15.3 Å². The van der Waals surface area contributed by atoms with E-state index >= 15 is 0 Å². The zero-order valence-corrected chi connectivity index (χ0v) is 10.2. The van der Waals surface area contributed by atoms with Gasteiger partial charge < -0.3 is 9.64 Å². The largest absolute Gasteiger partial charge is 0.378 e. The first kappa shape index (κ1) is 10.1. The smallest absolute Gasteiger partial charge is 0.133 e. The molecule has 0 spiro atoms. The van der Waals surface area contributed by atoms with Crippen molar-refractivity contribution in [3.8, 4) is 0 Å². The minimum Gasteiger partial charge on any atom is -0.378 e. The number of rotatable bonds is 1. The summed E-state index contributed by atoms with van der Waals surface area (Å²) in [7, 11) is 0. The predicted molar refractivity (Wildman–Crippen MR) is 62.5 cm³/mol. The Hall–Kier alpha value is -0.430. The van der Waals surface area contributed by atoms with Gasteiger partial charge in [-0.05, 0) is 29.5 Å². The van der Waals surface area contributed by atoms with E-state index in [1.165, 1.54) is 0 Å². The van der Waals surface area contributed by atoms with Crippen LogP contribution in [0.2, 0.25) is 0 Å². The fraction of sp³-hybridized carbons (Fsp3) is 0.556. The highest BCUT2D eigenvalue weighted by Gasteiger charge is 2.13. The summed E-state index contributed by atoms with van der Waals surface area (Å²) in [5.41, 5.74) is 0. The maximum atomic E-state index is 5.29. The van der Waals surface area contributed by atoms with Crippen LogP contribution < -0.4 is 4.90 Å². The molecule has 1 aliphatic rings. The van der Waals surface area contributed by atoms with Crippen LogP contribution in [0.3, 0.4) is 0 Å². The number of aryl methyl sites for hydroxylation is 1. The van der Waals surface area contributed by atoms with Gasteiger partial charge >= 0.3 is 0 Å². The van der Waals surface area contributed by atoms with Crippen LogP contribution in [0.25, 0.3) is 0 Å². The summed E-state index contributed by atoms with van der Waals surface area (Å²) in [6.07, 6.45) is 0. The minimum absolute atomic E-state index is 0.791. The standard InChI is InChI=1S/C9H12IN3O/c1-7-11-8(10)6-9(12-7)13-2-4-14-5-3-13/h6H,2-5H2,1H3. The van der Waals surface area contributed by atoms with Crippen molar-refractivity contribution in [1.29, 1.82) is 0 Å². The lowest BCUT2D eigenvalue weighted by molar-refractivity contribution is 0.122. The lowest BCUT2D eigenvalue weighted by Crippen LogP contribution is -2.37. The molecule has 0 aromatic carbocycles. The number of ether oxygens (including phenoxy) is 1. The third-order valence-electron chi connectivity index (χ3n) is 2.13. The van der Waals surface area contributed by atoms with E-state index < -0.39 is 0 Å². The molecule has 0 saturated carbocycles. The number of anilines is 1. The van der Waals surface area contributed by atoms with Crippen LogP contribution in [0.1, 0.15) is 5.82 Å². The first-order valence-corrected chi connectivity index (χ1v) is 5.67. The Bertz CT molecular complexity index is 306. The van der Waals surface area contributed by atoms with E-state index in [2.05, 4.69) is 37.5 Å². The maximum absolute atomic E-state index is 5.29. The van der Waals surface area contributed by atoms with Gasteiger partial charge in [0, 0.05) is 19.2 Å². The van der Waals surface area contributed by atoms with Crippen molar-refractivity contribution in [3.63, 3.8) is 0 Å². The van der Waals surface area contributed by atoms with Crippen molar-refractivity contribution in [2.75, 3.05) is 31.2 Å². The van der Waals surface area contributed by atoms with Gasteiger partial charge in [-0.25, -0.2) is 9.97 Å². The molecule has 0 radical (unpaired) electrons. The predicted octanol–water partition coefficient (Wildman–Crippen LogP) is 1.23. The topological polar surface area (TPSA) is 38.2 Å². The Morgan fingerprint density at radius 3 is 2.71 bits per heavy atom. The third kappa shape index (κ3) is 2.33. The quantitative estimate of drug-likeness (QED) is 0.578. The van der Waals surface area contributed by atoms with Crippen LogP contribution >= 0.6 is 22.6 Å². The van der Waals surface area contributed by atoms with Crippen LogP contribution in [0.4, 0.5) is 5.82 Å². The Labute approximate surface area is 96.8 Å². The second-order valence-electron chi connectivity index (χ2n) is 3.20. The van der Waals surface area contributed by atoms with Gasteiger partial charge in [-0.15, -0.1) is 0 Å². The van der Waals surface area contributed by atoms with Crippen LogP contribution in [-0.4, -0.2) is 36.3 Å². The molecular weight excluding hydrogens is 293 g/mol. The Morgan fingerprint density at radius 1 is 1.36 bits per heavy atom. The van der Waals surface area contributed by atoms with E-state index in [-0.39, 0.29) is 0 Å². The Morgan fingerprint density at radius 2 is 2.07 bits per heavy atom. The molecule has 0 N–H and O–H groups in total. The summed E-state index contributed by atoms with van der Waals surface area (Å²) in [4.78, 5) is 10.9. The van der Waals surface area contributed by atoms with Crippen LogP contribution in [0.5, 0.6) is 0 Å².